The molecule has 0 heterocycles. The molecule has 0 aromatic heterocycles. The fourth-order valence-corrected chi connectivity index (χ4v) is 2.44. The van der Waals surface area contributed by atoms with Crippen LogP contribution in [0.3, 0.4) is 0 Å². The van der Waals surface area contributed by atoms with Gasteiger partial charge < -0.3 is 25.4 Å². The highest BCUT2D eigenvalue weighted by atomic mass is 16.5. The van der Waals surface area contributed by atoms with E-state index in [2.05, 4.69) is 20.9 Å². The fourth-order valence-electron chi connectivity index (χ4n) is 2.44. The molecule has 0 radical (unpaired) electrons. The molecule has 7 heteroatoms. The molecule has 0 unspecified atom stereocenters. The number of guanidine groups is 1. The Hall–Kier alpha value is -2.44. The summed E-state index contributed by atoms with van der Waals surface area (Å²) >= 11 is 0. The van der Waals surface area contributed by atoms with E-state index in [1.54, 1.807) is 7.05 Å². The molecule has 27 heavy (non-hydrogen) atoms. The molecular formula is C20H34N4O3. The molecule has 0 aliphatic rings. The van der Waals surface area contributed by atoms with E-state index in [0.717, 1.165) is 43.0 Å². The summed E-state index contributed by atoms with van der Waals surface area (Å²) in [7, 11) is 1.72. The standard InChI is InChI=1S/C20H34N4O3/c1-5-12-22-19(25)11-14-24-20(21-4)23-13-10-16-8-9-17(26-6-2)18(15-16)27-7-3/h8-9,15H,5-7,10-14H2,1-4H3,(H,22,25)(H2,21,23,24). The minimum absolute atomic E-state index is 0.0534. The van der Waals surface area contributed by atoms with Gasteiger partial charge in [-0.3, -0.25) is 9.79 Å². The van der Waals surface area contributed by atoms with Gasteiger partial charge in [-0.05, 0) is 44.4 Å². The summed E-state index contributed by atoms with van der Waals surface area (Å²) in [4.78, 5) is 15.8. The predicted molar refractivity (Wildman–Crippen MR) is 110 cm³/mol. The number of carbonyl (C=O) groups is 1. The van der Waals surface area contributed by atoms with Crippen molar-refractivity contribution in [3.63, 3.8) is 0 Å². The van der Waals surface area contributed by atoms with E-state index in [-0.39, 0.29) is 5.91 Å². The van der Waals surface area contributed by atoms with Crippen molar-refractivity contribution in [1.82, 2.24) is 16.0 Å². The van der Waals surface area contributed by atoms with Crippen LogP contribution in [0.1, 0.15) is 39.2 Å². The topological polar surface area (TPSA) is 84.0 Å². The maximum Gasteiger partial charge on any atom is 0.221 e. The molecule has 0 aliphatic carbocycles. The normalized spacial score (nSPS) is 11.0. The third-order valence-corrected chi connectivity index (χ3v) is 3.75. The Morgan fingerprint density at radius 3 is 2.33 bits per heavy atom. The number of aliphatic imine (C=N–C) groups is 1. The van der Waals surface area contributed by atoms with Crippen LogP contribution in [0.25, 0.3) is 0 Å². The molecule has 0 bridgehead atoms. The maximum absolute atomic E-state index is 11.6. The Morgan fingerprint density at radius 1 is 0.963 bits per heavy atom. The van der Waals surface area contributed by atoms with Crippen LogP contribution in [0.4, 0.5) is 0 Å². The van der Waals surface area contributed by atoms with Gasteiger partial charge in [-0.1, -0.05) is 13.0 Å². The van der Waals surface area contributed by atoms with Crippen LogP contribution in [0.5, 0.6) is 11.5 Å². The minimum atomic E-state index is 0.0534. The average molecular weight is 379 g/mol. The van der Waals surface area contributed by atoms with E-state index in [4.69, 9.17) is 9.47 Å². The summed E-state index contributed by atoms with van der Waals surface area (Å²) in [5, 5.41) is 9.27. The smallest absolute Gasteiger partial charge is 0.221 e. The zero-order chi connectivity index (χ0) is 19.9. The molecule has 152 valence electrons. The van der Waals surface area contributed by atoms with Crippen LogP contribution in [0, 0.1) is 0 Å². The van der Waals surface area contributed by atoms with Gasteiger partial charge in [0, 0.05) is 33.1 Å². The van der Waals surface area contributed by atoms with Gasteiger partial charge in [0.05, 0.1) is 13.2 Å². The second kappa shape index (κ2) is 13.7. The third kappa shape index (κ3) is 9.17. The Morgan fingerprint density at radius 2 is 1.67 bits per heavy atom. The number of nitrogens with one attached hydrogen (secondary N) is 3. The third-order valence-electron chi connectivity index (χ3n) is 3.75. The van der Waals surface area contributed by atoms with Crippen molar-refractivity contribution >= 4 is 11.9 Å². The van der Waals surface area contributed by atoms with Gasteiger partial charge in [0.2, 0.25) is 5.91 Å². The molecule has 1 aromatic carbocycles. The summed E-state index contributed by atoms with van der Waals surface area (Å²) in [6, 6.07) is 6.01. The van der Waals surface area contributed by atoms with Gasteiger partial charge >= 0.3 is 0 Å². The Balaban J connectivity index is 2.41. The molecule has 1 aromatic rings. The Kier molecular flexibility index (Phi) is 11.5. The molecule has 0 saturated heterocycles. The highest BCUT2D eigenvalue weighted by Gasteiger charge is 2.07. The monoisotopic (exact) mass is 378 g/mol. The lowest BCUT2D eigenvalue weighted by atomic mass is 10.1. The summed E-state index contributed by atoms with van der Waals surface area (Å²) in [5.41, 5.74) is 1.16. The number of rotatable bonds is 12. The molecule has 3 N–H and O–H groups in total. The van der Waals surface area contributed by atoms with Gasteiger partial charge in [0.15, 0.2) is 17.5 Å². The van der Waals surface area contributed by atoms with E-state index < -0.39 is 0 Å². The lowest BCUT2D eigenvalue weighted by Crippen LogP contribution is -2.40. The van der Waals surface area contributed by atoms with Crippen molar-refractivity contribution in [2.24, 2.45) is 4.99 Å². The van der Waals surface area contributed by atoms with Crippen molar-refractivity contribution in [2.75, 3.05) is 39.9 Å². The van der Waals surface area contributed by atoms with Crippen LogP contribution in [0.15, 0.2) is 23.2 Å². The lowest BCUT2D eigenvalue weighted by Gasteiger charge is -2.14. The number of hydrogen-bond acceptors (Lipinski definition) is 4. The summed E-state index contributed by atoms with van der Waals surface area (Å²) < 4.78 is 11.3. The first kappa shape index (κ1) is 22.6. The maximum atomic E-state index is 11.6. The molecule has 0 atom stereocenters. The lowest BCUT2D eigenvalue weighted by molar-refractivity contribution is -0.120. The molecule has 0 saturated carbocycles. The van der Waals surface area contributed by atoms with Crippen LogP contribution in [-0.4, -0.2) is 51.8 Å². The zero-order valence-corrected chi connectivity index (χ0v) is 17.1. The van der Waals surface area contributed by atoms with Crippen molar-refractivity contribution < 1.29 is 14.3 Å². The highest BCUT2D eigenvalue weighted by Crippen LogP contribution is 2.28. The quantitative estimate of drug-likeness (QED) is 0.383. The number of ether oxygens (including phenoxy) is 2. The van der Waals surface area contributed by atoms with E-state index in [0.29, 0.717) is 32.1 Å². The molecule has 0 aliphatic heterocycles. The number of benzene rings is 1. The fraction of sp³-hybridized carbons (Fsp3) is 0.600. The Bertz CT molecular complexity index is 591. The molecule has 0 spiro atoms. The average Bonchev–Trinajstić information content (AvgIpc) is 2.67. The largest absolute Gasteiger partial charge is 0.490 e. The first-order chi connectivity index (χ1) is 13.1. The Labute approximate surface area is 162 Å². The van der Waals surface area contributed by atoms with Gasteiger partial charge in [-0.25, -0.2) is 0 Å². The van der Waals surface area contributed by atoms with Crippen molar-refractivity contribution in [2.45, 2.75) is 40.0 Å². The van der Waals surface area contributed by atoms with Gasteiger partial charge in [0.25, 0.3) is 0 Å². The summed E-state index contributed by atoms with van der Waals surface area (Å²) in [6.07, 6.45) is 2.19. The highest BCUT2D eigenvalue weighted by molar-refractivity contribution is 5.81. The SMILES string of the molecule is CCCNC(=O)CCNC(=NC)NCCc1ccc(OCC)c(OCC)c1. The number of amides is 1. The van der Waals surface area contributed by atoms with Gasteiger partial charge in [0.1, 0.15) is 0 Å². The number of nitrogens with zero attached hydrogens (tertiary/aromatic N) is 1. The number of carbonyl (C=O) groups excluding carboxylic acids is 1. The minimum Gasteiger partial charge on any atom is -0.490 e. The van der Waals surface area contributed by atoms with E-state index >= 15 is 0 Å². The van der Waals surface area contributed by atoms with Crippen LogP contribution in [-0.2, 0) is 11.2 Å². The molecule has 1 rings (SSSR count). The van der Waals surface area contributed by atoms with E-state index in [9.17, 15) is 4.79 Å². The molecule has 7 nitrogen and oxygen atoms in total. The summed E-state index contributed by atoms with van der Waals surface area (Å²) in [6.45, 7) is 9.16. The van der Waals surface area contributed by atoms with Crippen LogP contribution in [0.2, 0.25) is 0 Å². The second-order valence-electron chi connectivity index (χ2n) is 5.92. The zero-order valence-electron chi connectivity index (χ0n) is 17.1. The first-order valence-electron chi connectivity index (χ1n) is 9.74. The predicted octanol–water partition coefficient (Wildman–Crippen LogP) is 2.11. The van der Waals surface area contributed by atoms with E-state index in [1.165, 1.54) is 0 Å². The van der Waals surface area contributed by atoms with Crippen molar-refractivity contribution in [1.29, 1.82) is 0 Å². The number of hydrogen-bond donors (Lipinski definition) is 3. The van der Waals surface area contributed by atoms with Crippen LogP contribution < -0.4 is 25.4 Å². The molecule has 0 fully saturated rings. The molecule has 1 amide bonds. The first-order valence-corrected chi connectivity index (χ1v) is 9.74. The van der Waals surface area contributed by atoms with E-state index in [1.807, 2.05) is 39.0 Å². The van der Waals surface area contributed by atoms with Gasteiger partial charge in [-0.2, -0.15) is 0 Å². The summed E-state index contributed by atoms with van der Waals surface area (Å²) in [5.74, 6) is 2.29. The van der Waals surface area contributed by atoms with Crippen molar-refractivity contribution in [3.8, 4) is 11.5 Å². The van der Waals surface area contributed by atoms with Crippen molar-refractivity contribution in [3.05, 3.63) is 23.8 Å². The van der Waals surface area contributed by atoms with Crippen LogP contribution >= 0.6 is 0 Å². The van der Waals surface area contributed by atoms with Gasteiger partial charge in [-0.15, -0.1) is 0 Å². The second-order valence-corrected chi connectivity index (χ2v) is 5.92. The molecular weight excluding hydrogens is 344 g/mol.